The Morgan fingerprint density at radius 3 is 1.69 bits per heavy atom. The molecule has 1 atom stereocenters. The van der Waals surface area contributed by atoms with E-state index in [0.717, 1.165) is 19.3 Å². The van der Waals surface area contributed by atoms with Crippen molar-refractivity contribution in [2.45, 2.75) is 56.1 Å². The third kappa shape index (κ3) is 3.99. The van der Waals surface area contributed by atoms with E-state index >= 15 is 0 Å². The van der Waals surface area contributed by atoms with Crippen molar-refractivity contribution in [3.05, 3.63) is 0 Å². The fourth-order valence-corrected chi connectivity index (χ4v) is 5.51. The monoisotopic (exact) mass is 532 g/mol. The van der Waals surface area contributed by atoms with Crippen LogP contribution < -0.4 is 0 Å². The average molecular weight is 532 g/mol. The zero-order valence-electron chi connectivity index (χ0n) is 12.9. The predicted octanol–water partition coefficient (Wildman–Crippen LogP) is 2.24. The number of rotatable bonds is 4. The molecular formula is C14H19BaF5O5S. The van der Waals surface area contributed by atoms with Crippen molar-refractivity contribution in [3.8, 4) is 0 Å². The Balaban J connectivity index is 0.00000243. The molecule has 0 saturated heterocycles. The number of halogens is 5. The molecule has 0 amide bonds. The van der Waals surface area contributed by atoms with Gasteiger partial charge in [0.15, 0.2) is 0 Å². The summed E-state index contributed by atoms with van der Waals surface area (Å²) in [7, 11) is -6.42. The standard InChI is InChI=1S/C14H17F5O5S.Ba.2H/c15-13(16,17)10(14(18,19)25(21,22)23)24-11(20)12-4-7-1-8(5-12)3-9(2-7)6-12;;;/h7-10H,1-6H2,(H,21,22,23);;;. The summed E-state index contributed by atoms with van der Waals surface area (Å²) in [4.78, 5) is 12.4. The molecule has 148 valence electrons. The van der Waals surface area contributed by atoms with Crippen molar-refractivity contribution in [3.63, 3.8) is 0 Å². The van der Waals surface area contributed by atoms with Gasteiger partial charge >= 0.3 is 76.4 Å². The molecule has 0 aliphatic heterocycles. The quantitative estimate of drug-likeness (QED) is 0.261. The second-order valence-electron chi connectivity index (χ2n) is 7.56. The molecule has 1 N–H and O–H groups in total. The number of esters is 1. The Hall–Kier alpha value is 0.601. The van der Waals surface area contributed by atoms with Crippen LogP contribution in [0.5, 0.6) is 0 Å². The van der Waals surface area contributed by atoms with Crippen LogP contribution >= 0.6 is 0 Å². The molecule has 4 bridgehead atoms. The number of hydrogen-bond donors (Lipinski definition) is 1. The first-order chi connectivity index (χ1) is 11.2. The second kappa shape index (κ2) is 7.13. The molecule has 12 heteroatoms. The van der Waals surface area contributed by atoms with Crippen LogP contribution in [0.1, 0.15) is 38.5 Å². The fraction of sp³-hybridized carbons (Fsp3) is 0.929. The SMILES string of the molecule is O=C(OC(C(F)(F)F)C(F)(F)S(=O)(=O)O)C12CC3CC(CC(C3)C1)C2.[BaH2]. The van der Waals surface area contributed by atoms with E-state index in [-0.39, 0.29) is 85.9 Å². The van der Waals surface area contributed by atoms with E-state index in [1.165, 1.54) is 0 Å². The van der Waals surface area contributed by atoms with Crippen molar-refractivity contribution < 1.29 is 44.5 Å². The molecule has 26 heavy (non-hydrogen) atoms. The van der Waals surface area contributed by atoms with Gasteiger partial charge in [-0.3, -0.25) is 9.35 Å². The summed E-state index contributed by atoms with van der Waals surface area (Å²) in [6, 6.07) is 0. The third-order valence-electron chi connectivity index (χ3n) is 5.64. The van der Waals surface area contributed by atoms with E-state index in [1.54, 1.807) is 0 Å². The van der Waals surface area contributed by atoms with Crippen LogP contribution in [0.25, 0.3) is 0 Å². The van der Waals surface area contributed by atoms with Crippen molar-refractivity contribution in [1.82, 2.24) is 0 Å². The zero-order valence-corrected chi connectivity index (χ0v) is 13.7. The van der Waals surface area contributed by atoms with E-state index in [1.807, 2.05) is 0 Å². The molecular weight excluding hydrogens is 513 g/mol. The summed E-state index contributed by atoms with van der Waals surface area (Å²) >= 11 is 0. The van der Waals surface area contributed by atoms with Gasteiger partial charge in [0.25, 0.3) is 6.10 Å². The summed E-state index contributed by atoms with van der Waals surface area (Å²) < 4.78 is 99.9. The molecule has 4 aliphatic rings. The van der Waals surface area contributed by atoms with E-state index in [9.17, 15) is 35.2 Å². The van der Waals surface area contributed by atoms with Crippen LogP contribution in [0.2, 0.25) is 0 Å². The second-order valence-corrected chi connectivity index (χ2v) is 9.06. The van der Waals surface area contributed by atoms with Gasteiger partial charge in [-0.2, -0.15) is 30.4 Å². The molecule has 0 radical (unpaired) electrons. The van der Waals surface area contributed by atoms with E-state index < -0.39 is 39.0 Å². The molecule has 0 aromatic carbocycles. The summed E-state index contributed by atoms with van der Waals surface area (Å²) in [6.07, 6.45) is -6.73. The first kappa shape index (κ1) is 22.9. The molecule has 0 spiro atoms. The van der Waals surface area contributed by atoms with Crippen LogP contribution in [0, 0.1) is 23.2 Å². The van der Waals surface area contributed by atoms with Gasteiger partial charge in [0.2, 0.25) is 0 Å². The third-order valence-corrected chi connectivity index (χ3v) is 6.54. The fourth-order valence-electron chi connectivity index (χ4n) is 5.05. The first-order valence-corrected chi connectivity index (χ1v) is 9.31. The van der Waals surface area contributed by atoms with Gasteiger partial charge in [0.1, 0.15) is 0 Å². The molecule has 4 rings (SSSR count). The van der Waals surface area contributed by atoms with Crippen LogP contribution in [0.3, 0.4) is 0 Å². The van der Waals surface area contributed by atoms with Gasteiger partial charge < -0.3 is 4.74 Å². The van der Waals surface area contributed by atoms with Crippen LogP contribution in [0.15, 0.2) is 0 Å². The van der Waals surface area contributed by atoms with Gasteiger partial charge in [-0.1, -0.05) is 0 Å². The Labute approximate surface area is 187 Å². The maximum absolute atomic E-state index is 13.6. The van der Waals surface area contributed by atoms with Gasteiger partial charge in [0.05, 0.1) is 5.41 Å². The molecule has 4 fully saturated rings. The Morgan fingerprint density at radius 1 is 1.00 bits per heavy atom. The number of hydrogen-bond acceptors (Lipinski definition) is 4. The Morgan fingerprint density at radius 2 is 1.38 bits per heavy atom. The van der Waals surface area contributed by atoms with Crippen molar-refractivity contribution in [1.29, 1.82) is 0 Å². The molecule has 5 nitrogen and oxygen atoms in total. The van der Waals surface area contributed by atoms with E-state index in [4.69, 9.17) is 4.55 Å². The van der Waals surface area contributed by atoms with Gasteiger partial charge in [-0.05, 0) is 56.3 Å². The minimum atomic E-state index is -6.42. The molecule has 4 aliphatic carbocycles. The predicted molar refractivity (Wildman–Crippen MR) is 81.6 cm³/mol. The molecule has 4 saturated carbocycles. The van der Waals surface area contributed by atoms with Gasteiger partial charge in [-0.25, -0.2) is 0 Å². The normalized spacial score (nSPS) is 34.9. The van der Waals surface area contributed by atoms with Crippen molar-refractivity contribution in [2.24, 2.45) is 23.2 Å². The maximum atomic E-state index is 13.6. The van der Waals surface area contributed by atoms with Crippen molar-refractivity contribution >= 4 is 65.0 Å². The number of alkyl halides is 5. The molecule has 0 aromatic heterocycles. The topological polar surface area (TPSA) is 80.7 Å². The number of carbonyl (C=O) groups is 1. The zero-order chi connectivity index (χ0) is 18.8. The van der Waals surface area contributed by atoms with Crippen molar-refractivity contribution in [2.75, 3.05) is 0 Å². The van der Waals surface area contributed by atoms with Crippen LogP contribution in [-0.2, 0) is 19.6 Å². The summed E-state index contributed by atoms with van der Waals surface area (Å²) in [5.74, 6) is -1.02. The Kier molecular flexibility index (Phi) is 6.28. The van der Waals surface area contributed by atoms with Gasteiger partial charge in [0, 0.05) is 0 Å². The van der Waals surface area contributed by atoms with E-state index in [2.05, 4.69) is 4.74 Å². The molecule has 0 heterocycles. The van der Waals surface area contributed by atoms with E-state index in [0.29, 0.717) is 0 Å². The Bertz CT molecular complexity index is 642. The van der Waals surface area contributed by atoms with Gasteiger partial charge in [-0.15, -0.1) is 0 Å². The van der Waals surface area contributed by atoms with Crippen LogP contribution in [-0.4, -0.2) is 85.4 Å². The average Bonchev–Trinajstić information content (AvgIpc) is 2.40. The van der Waals surface area contributed by atoms with Crippen LogP contribution in [0.4, 0.5) is 22.0 Å². The molecule has 0 aromatic rings. The summed E-state index contributed by atoms with van der Waals surface area (Å²) in [5.41, 5.74) is -1.27. The number of carbonyl (C=O) groups excluding carboxylic acids is 1. The number of ether oxygens (including phenoxy) is 1. The summed E-state index contributed by atoms with van der Waals surface area (Å²) in [6.45, 7) is 0. The minimum absolute atomic E-state index is 0. The molecule has 1 unspecified atom stereocenters. The first-order valence-electron chi connectivity index (χ1n) is 7.87. The summed E-state index contributed by atoms with van der Waals surface area (Å²) in [5, 5.41) is -5.68.